The quantitative estimate of drug-likeness (QED) is 0.826. The number of ether oxygens (including phenoxy) is 1. The highest BCUT2D eigenvalue weighted by atomic mass is 16.5. The molecule has 5 nitrogen and oxygen atoms in total. The zero-order valence-corrected chi connectivity index (χ0v) is 9.09. The molecular weight excluding hydrogens is 208 g/mol. The van der Waals surface area contributed by atoms with E-state index in [1.807, 2.05) is 0 Å². The van der Waals surface area contributed by atoms with Crippen LogP contribution in [0, 0.1) is 0 Å². The summed E-state index contributed by atoms with van der Waals surface area (Å²) in [4.78, 5) is 16.9. The molecule has 1 atom stereocenters. The number of carboxylic acids is 1. The number of anilines is 1. The van der Waals surface area contributed by atoms with Gasteiger partial charge in [0.25, 0.3) is 0 Å². The number of carboxylic acid groups (broad SMARTS) is 1. The van der Waals surface area contributed by atoms with Gasteiger partial charge >= 0.3 is 5.97 Å². The maximum Gasteiger partial charge on any atom is 0.337 e. The van der Waals surface area contributed by atoms with Crippen LogP contribution in [0.15, 0.2) is 18.3 Å². The molecule has 1 N–H and O–H groups in total. The molecule has 0 aromatic carbocycles. The highest BCUT2D eigenvalue weighted by molar-refractivity contribution is 5.87. The van der Waals surface area contributed by atoms with Gasteiger partial charge in [-0.25, -0.2) is 9.78 Å². The molecule has 2 heterocycles. The van der Waals surface area contributed by atoms with Crippen LogP contribution in [0.5, 0.6) is 0 Å². The summed E-state index contributed by atoms with van der Waals surface area (Å²) >= 11 is 0. The molecule has 5 heteroatoms. The Bertz CT molecular complexity index is 377. The number of aromatic nitrogens is 1. The zero-order valence-electron chi connectivity index (χ0n) is 9.09. The average Bonchev–Trinajstić information content (AvgIpc) is 2.77. The Balaban J connectivity index is 2.08. The molecule has 1 fully saturated rings. The lowest BCUT2D eigenvalue weighted by molar-refractivity contribution is 0.0696. The van der Waals surface area contributed by atoms with Gasteiger partial charge in [0.05, 0.1) is 11.7 Å². The van der Waals surface area contributed by atoms with Gasteiger partial charge in [0, 0.05) is 26.4 Å². The van der Waals surface area contributed by atoms with Gasteiger partial charge in [0.2, 0.25) is 0 Å². The summed E-state index contributed by atoms with van der Waals surface area (Å²) in [6.07, 6.45) is 2.62. The van der Waals surface area contributed by atoms with Crippen LogP contribution in [0.25, 0.3) is 0 Å². The first-order valence-electron chi connectivity index (χ1n) is 5.18. The molecular formula is C11H14N2O3. The first-order chi connectivity index (χ1) is 7.70. The van der Waals surface area contributed by atoms with Crippen molar-refractivity contribution in [3.63, 3.8) is 0 Å². The molecule has 1 aliphatic rings. The molecule has 1 saturated heterocycles. The van der Waals surface area contributed by atoms with Gasteiger partial charge in [-0.3, -0.25) is 0 Å². The van der Waals surface area contributed by atoms with E-state index >= 15 is 0 Å². The van der Waals surface area contributed by atoms with Gasteiger partial charge in [-0.1, -0.05) is 0 Å². The first-order valence-corrected chi connectivity index (χ1v) is 5.18. The molecule has 1 aromatic rings. The van der Waals surface area contributed by atoms with Crippen LogP contribution in [0.3, 0.4) is 0 Å². The fourth-order valence-electron chi connectivity index (χ4n) is 1.83. The Morgan fingerprint density at radius 2 is 2.44 bits per heavy atom. The largest absolute Gasteiger partial charge is 0.478 e. The van der Waals surface area contributed by atoms with Crippen LogP contribution in [0.1, 0.15) is 16.8 Å². The Labute approximate surface area is 93.7 Å². The lowest BCUT2D eigenvalue weighted by Crippen LogP contribution is -2.23. The van der Waals surface area contributed by atoms with E-state index in [1.165, 1.54) is 6.20 Å². The van der Waals surface area contributed by atoms with Crippen molar-refractivity contribution in [2.24, 2.45) is 0 Å². The molecule has 2 rings (SSSR count). The van der Waals surface area contributed by atoms with Crippen LogP contribution in [0.4, 0.5) is 5.82 Å². The summed E-state index contributed by atoms with van der Waals surface area (Å²) in [6.45, 7) is 1.72. The third kappa shape index (κ3) is 2.14. The number of rotatable bonds is 3. The Kier molecular flexibility index (Phi) is 3.05. The molecule has 0 unspecified atom stereocenters. The molecule has 1 aliphatic heterocycles. The highest BCUT2D eigenvalue weighted by Crippen LogP contribution is 2.19. The Morgan fingerprint density at radius 3 is 2.94 bits per heavy atom. The molecule has 0 spiro atoms. The van der Waals surface area contributed by atoms with Gasteiger partial charge < -0.3 is 14.7 Å². The predicted molar refractivity (Wildman–Crippen MR) is 58.8 cm³/mol. The van der Waals surface area contributed by atoms with E-state index in [-0.39, 0.29) is 11.7 Å². The smallest absolute Gasteiger partial charge is 0.337 e. The second-order valence-corrected chi connectivity index (χ2v) is 3.80. The van der Waals surface area contributed by atoms with Crippen molar-refractivity contribution in [1.29, 1.82) is 0 Å². The molecule has 0 saturated carbocycles. The molecule has 0 bridgehead atoms. The minimum absolute atomic E-state index is 0.214. The number of hydrogen-bond donors (Lipinski definition) is 1. The predicted octanol–water partition coefficient (Wildman–Crippen LogP) is 1.00. The maximum absolute atomic E-state index is 10.7. The monoisotopic (exact) mass is 222 g/mol. The Morgan fingerprint density at radius 1 is 1.62 bits per heavy atom. The minimum Gasteiger partial charge on any atom is -0.478 e. The summed E-state index contributed by atoms with van der Waals surface area (Å²) in [5, 5.41) is 8.75. The summed E-state index contributed by atoms with van der Waals surface area (Å²) in [7, 11) is 1.70. The normalized spacial score (nSPS) is 20.1. The number of hydrogen-bond acceptors (Lipinski definition) is 4. The van der Waals surface area contributed by atoms with Crippen molar-refractivity contribution in [2.75, 3.05) is 25.1 Å². The van der Waals surface area contributed by atoms with Crippen LogP contribution in [0.2, 0.25) is 0 Å². The van der Waals surface area contributed by atoms with Crippen molar-refractivity contribution < 1.29 is 14.6 Å². The van der Waals surface area contributed by atoms with Crippen molar-refractivity contribution >= 4 is 11.8 Å². The number of aromatic carboxylic acids is 1. The van der Waals surface area contributed by atoms with Gasteiger partial charge in [0.15, 0.2) is 0 Å². The number of carbonyl (C=O) groups is 1. The van der Waals surface area contributed by atoms with E-state index in [9.17, 15) is 4.79 Å². The van der Waals surface area contributed by atoms with Crippen LogP contribution in [-0.2, 0) is 4.74 Å². The number of nitrogens with zero attached hydrogens (tertiary/aromatic N) is 2. The minimum atomic E-state index is -0.949. The number of methoxy groups -OCH3 is 1. The lowest BCUT2D eigenvalue weighted by atomic mass is 10.3. The summed E-state index contributed by atoms with van der Waals surface area (Å²) in [5.41, 5.74) is 0.214. The van der Waals surface area contributed by atoms with Crippen LogP contribution >= 0.6 is 0 Å². The van der Waals surface area contributed by atoms with E-state index < -0.39 is 5.97 Å². The summed E-state index contributed by atoms with van der Waals surface area (Å²) in [6, 6.07) is 3.31. The van der Waals surface area contributed by atoms with Gasteiger partial charge in [-0.05, 0) is 18.6 Å². The van der Waals surface area contributed by atoms with E-state index in [0.29, 0.717) is 0 Å². The Hall–Kier alpha value is -1.62. The summed E-state index contributed by atoms with van der Waals surface area (Å²) < 4.78 is 5.26. The van der Waals surface area contributed by atoms with Crippen molar-refractivity contribution in [3.8, 4) is 0 Å². The van der Waals surface area contributed by atoms with Crippen molar-refractivity contribution in [3.05, 3.63) is 23.9 Å². The van der Waals surface area contributed by atoms with Crippen LogP contribution in [-0.4, -0.2) is 42.4 Å². The molecule has 0 aliphatic carbocycles. The van der Waals surface area contributed by atoms with Gasteiger partial charge in [0.1, 0.15) is 5.82 Å². The van der Waals surface area contributed by atoms with Gasteiger partial charge in [-0.2, -0.15) is 0 Å². The first kappa shape index (κ1) is 10.9. The standard InChI is InChI=1S/C11H14N2O3/c1-16-9-4-5-13(7-9)10-3-2-8(6-12-10)11(14)15/h2-3,6,9H,4-5,7H2,1H3,(H,14,15)/t9-/m0/s1. The topological polar surface area (TPSA) is 62.7 Å². The number of pyridine rings is 1. The van der Waals surface area contributed by atoms with Crippen molar-refractivity contribution in [1.82, 2.24) is 4.98 Å². The second-order valence-electron chi connectivity index (χ2n) is 3.80. The molecule has 0 amide bonds. The van der Waals surface area contributed by atoms with Crippen LogP contribution < -0.4 is 4.90 Å². The molecule has 0 radical (unpaired) electrons. The average molecular weight is 222 g/mol. The highest BCUT2D eigenvalue weighted by Gasteiger charge is 2.22. The van der Waals surface area contributed by atoms with Gasteiger partial charge in [-0.15, -0.1) is 0 Å². The third-order valence-electron chi connectivity index (χ3n) is 2.80. The third-order valence-corrected chi connectivity index (χ3v) is 2.80. The zero-order chi connectivity index (χ0) is 11.5. The second kappa shape index (κ2) is 4.49. The fraction of sp³-hybridized carbons (Fsp3) is 0.455. The molecule has 1 aromatic heterocycles. The van der Waals surface area contributed by atoms with E-state index in [4.69, 9.17) is 9.84 Å². The fourth-order valence-corrected chi connectivity index (χ4v) is 1.83. The van der Waals surface area contributed by atoms with E-state index in [0.717, 1.165) is 25.3 Å². The maximum atomic E-state index is 10.7. The molecule has 86 valence electrons. The summed E-state index contributed by atoms with van der Waals surface area (Å²) in [5.74, 6) is -0.139. The van der Waals surface area contributed by atoms with E-state index in [2.05, 4.69) is 9.88 Å². The lowest BCUT2D eigenvalue weighted by Gasteiger charge is -2.16. The molecule has 16 heavy (non-hydrogen) atoms. The van der Waals surface area contributed by atoms with E-state index in [1.54, 1.807) is 19.2 Å². The SMILES string of the molecule is CO[C@H]1CCN(c2ccc(C(=O)O)cn2)C1. The van der Waals surface area contributed by atoms with Crippen molar-refractivity contribution in [2.45, 2.75) is 12.5 Å².